The Balaban J connectivity index is 2.65. The van der Waals surface area contributed by atoms with E-state index in [1.807, 2.05) is 0 Å². The van der Waals surface area contributed by atoms with Crippen LogP contribution < -0.4 is 0 Å². The first-order chi connectivity index (χ1) is 8.93. The molecule has 0 heterocycles. The highest BCUT2D eigenvalue weighted by molar-refractivity contribution is 5.69. The summed E-state index contributed by atoms with van der Waals surface area (Å²) in [5.41, 5.74) is -0.677. The molecule has 5 heteroatoms. The van der Waals surface area contributed by atoms with Crippen molar-refractivity contribution >= 4 is 0 Å². The highest BCUT2D eigenvalue weighted by atomic mass is 19.4. The normalized spacial score (nSPS) is 11.6. The van der Waals surface area contributed by atoms with E-state index >= 15 is 0 Å². The molecular formula is C14H10F4O. The third kappa shape index (κ3) is 2.76. The molecule has 0 spiro atoms. The Bertz CT molecular complexity index is 590. The van der Waals surface area contributed by atoms with E-state index in [-0.39, 0.29) is 11.1 Å². The molecule has 2 aromatic carbocycles. The molecule has 0 fully saturated rings. The summed E-state index contributed by atoms with van der Waals surface area (Å²) in [6.07, 6.45) is -4.55. The number of rotatable bonds is 2. The van der Waals surface area contributed by atoms with E-state index in [0.29, 0.717) is 5.56 Å². The van der Waals surface area contributed by atoms with Crippen molar-refractivity contribution in [2.24, 2.45) is 0 Å². The maximum absolute atomic E-state index is 13.1. The van der Waals surface area contributed by atoms with Gasteiger partial charge in [0.1, 0.15) is 5.82 Å². The van der Waals surface area contributed by atoms with E-state index in [2.05, 4.69) is 0 Å². The van der Waals surface area contributed by atoms with E-state index in [9.17, 15) is 22.7 Å². The van der Waals surface area contributed by atoms with Gasteiger partial charge < -0.3 is 5.11 Å². The zero-order valence-corrected chi connectivity index (χ0v) is 9.71. The van der Waals surface area contributed by atoms with Gasteiger partial charge in [0.2, 0.25) is 0 Å². The van der Waals surface area contributed by atoms with Crippen molar-refractivity contribution in [3.63, 3.8) is 0 Å². The van der Waals surface area contributed by atoms with Crippen LogP contribution in [0.3, 0.4) is 0 Å². The van der Waals surface area contributed by atoms with Crippen molar-refractivity contribution in [1.29, 1.82) is 0 Å². The van der Waals surface area contributed by atoms with Crippen LogP contribution in [-0.4, -0.2) is 5.11 Å². The summed E-state index contributed by atoms with van der Waals surface area (Å²) in [6, 6.07) is 8.81. The number of alkyl halides is 3. The first kappa shape index (κ1) is 13.5. The van der Waals surface area contributed by atoms with Crippen molar-refractivity contribution in [3.05, 3.63) is 59.4 Å². The number of hydrogen-bond acceptors (Lipinski definition) is 1. The largest absolute Gasteiger partial charge is 0.416 e. The lowest BCUT2D eigenvalue weighted by molar-refractivity contribution is -0.138. The molecule has 2 aromatic rings. The van der Waals surface area contributed by atoms with Crippen LogP contribution in [0.2, 0.25) is 0 Å². The molecule has 0 unspecified atom stereocenters. The summed E-state index contributed by atoms with van der Waals surface area (Å²) in [5, 5.41) is 9.20. The van der Waals surface area contributed by atoms with Gasteiger partial charge in [0.05, 0.1) is 12.2 Å². The smallest absolute Gasteiger partial charge is 0.392 e. The lowest BCUT2D eigenvalue weighted by Crippen LogP contribution is -2.10. The van der Waals surface area contributed by atoms with Gasteiger partial charge in [0.15, 0.2) is 0 Å². The Morgan fingerprint density at radius 2 is 1.68 bits per heavy atom. The predicted octanol–water partition coefficient (Wildman–Crippen LogP) is 4.00. The topological polar surface area (TPSA) is 20.2 Å². The SMILES string of the molecule is OCc1c(-c2cccc(F)c2)cccc1C(F)(F)F. The number of halogens is 4. The average Bonchev–Trinajstić information content (AvgIpc) is 2.36. The molecule has 0 aromatic heterocycles. The fourth-order valence-corrected chi connectivity index (χ4v) is 1.95. The maximum atomic E-state index is 13.1. The molecule has 100 valence electrons. The second kappa shape index (κ2) is 5.01. The Hall–Kier alpha value is -1.88. The van der Waals surface area contributed by atoms with E-state index in [1.165, 1.54) is 30.3 Å². The number of aliphatic hydroxyl groups is 1. The number of aliphatic hydroxyl groups excluding tert-OH is 1. The van der Waals surface area contributed by atoms with Crippen LogP contribution in [0.25, 0.3) is 11.1 Å². The Labute approximate surface area is 107 Å². The molecule has 1 N–H and O–H groups in total. The zero-order valence-electron chi connectivity index (χ0n) is 9.71. The number of benzene rings is 2. The molecule has 0 aliphatic heterocycles. The second-order valence-electron chi connectivity index (χ2n) is 4.00. The highest BCUT2D eigenvalue weighted by Crippen LogP contribution is 2.36. The fraction of sp³-hybridized carbons (Fsp3) is 0.143. The molecule has 0 radical (unpaired) electrons. The summed E-state index contributed by atoms with van der Waals surface area (Å²) in [4.78, 5) is 0. The van der Waals surface area contributed by atoms with Gasteiger partial charge in [-0.1, -0.05) is 24.3 Å². The Morgan fingerprint density at radius 3 is 2.26 bits per heavy atom. The zero-order chi connectivity index (χ0) is 14.0. The van der Waals surface area contributed by atoms with Gasteiger partial charge in [-0.15, -0.1) is 0 Å². The van der Waals surface area contributed by atoms with E-state index in [1.54, 1.807) is 0 Å². The van der Waals surface area contributed by atoms with Gasteiger partial charge >= 0.3 is 6.18 Å². The molecule has 0 atom stereocenters. The van der Waals surface area contributed by atoms with Crippen molar-refractivity contribution < 1.29 is 22.7 Å². The van der Waals surface area contributed by atoms with E-state index < -0.39 is 24.2 Å². The van der Waals surface area contributed by atoms with Gasteiger partial charge in [-0.2, -0.15) is 13.2 Å². The minimum atomic E-state index is -4.55. The third-order valence-electron chi connectivity index (χ3n) is 2.78. The highest BCUT2D eigenvalue weighted by Gasteiger charge is 2.34. The standard InChI is InChI=1S/C14H10F4O/c15-10-4-1-3-9(7-10)11-5-2-6-13(12(11)8-19)14(16,17)18/h1-7,19H,8H2. The van der Waals surface area contributed by atoms with E-state index in [4.69, 9.17) is 0 Å². The summed E-state index contributed by atoms with van der Waals surface area (Å²) < 4.78 is 51.6. The maximum Gasteiger partial charge on any atom is 0.416 e. The molecule has 0 aliphatic carbocycles. The van der Waals surface area contributed by atoms with Gasteiger partial charge in [0.25, 0.3) is 0 Å². The summed E-state index contributed by atoms with van der Waals surface area (Å²) >= 11 is 0. The summed E-state index contributed by atoms with van der Waals surface area (Å²) in [7, 11) is 0. The quantitative estimate of drug-likeness (QED) is 0.818. The minimum absolute atomic E-state index is 0.178. The van der Waals surface area contributed by atoms with Gasteiger partial charge in [-0.25, -0.2) is 4.39 Å². The first-order valence-corrected chi connectivity index (χ1v) is 5.49. The van der Waals surface area contributed by atoms with Crippen LogP contribution >= 0.6 is 0 Å². The van der Waals surface area contributed by atoms with Gasteiger partial charge in [0, 0.05) is 0 Å². The van der Waals surface area contributed by atoms with Crippen molar-refractivity contribution in [3.8, 4) is 11.1 Å². The molecule has 0 amide bonds. The van der Waals surface area contributed by atoms with E-state index in [0.717, 1.165) is 12.1 Å². The molecule has 19 heavy (non-hydrogen) atoms. The Kier molecular flexibility index (Phi) is 3.57. The van der Waals surface area contributed by atoms with Crippen LogP contribution in [0.4, 0.5) is 17.6 Å². The molecular weight excluding hydrogens is 260 g/mol. The average molecular weight is 270 g/mol. The first-order valence-electron chi connectivity index (χ1n) is 5.49. The molecule has 1 nitrogen and oxygen atoms in total. The molecule has 0 saturated heterocycles. The van der Waals surface area contributed by atoms with Crippen LogP contribution in [0.15, 0.2) is 42.5 Å². The lowest BCUT2D eigenvalue weighted by Gasteiger charge is -2.15. The Morgan fingerprint density at radius 1 is 1.00 bits per heavy atom. The van der Waals surface area contributed by atoms with Crippen LogP contribution in [0, 0.1) is 5.82 Å². The second-order valence-corrected chi connectivity index (χ2v) is 4.00. The minimum Gasteiger partial charge on any atom is -0.392 e. The number of hydrogen-bond donors (Lipinski definition) is 1. The van der Waals surface area contributed by atoms with Gasteiger partial charge in [-0.05, 0) is 34.9 Å². The van der Waals surface area contributed by atoms with Crippen LogP contribution in [0.5, 0.6) is 0 Å². The van der Waals surface area contributed by atoms with Gasteiger partial charge in [-0.3, -0.25) is 0 Å². The molecule has 2 rings (SSSR count). The van der Waals surface area contributed by atoms with Crippen molar-refractivity contribution in [2.45, 2.75) is 12.8 Å². The lowest BCUT2D eigenvalue weighted by atomic mass is 9.95. The molecule has 0 bridgehead atoms. The van der Waals surface area contributed by atoms with Crippen molar-refractivity contribution in [2.75, 3.05) is 0 Å². The van der Waals surface area contributed by atoms with Crippen LogP contribution in [-0.2, 0) is 12.8 Å². The summed E-state index contributed by atoms with van der Waals surface area (Å²) in [6.45, 7) is -0.762. The monoisotopic (exact) mass is 270 g/mol. The predicted molar refractivity (Wildman–Crippen MR) is 62.8 cm³/mol. The fourth-order valence-electron chi connectivity index (χ4n) is 1.95. The molecule has 0 aliphatic rings. The third-order valence-corrected chi connectivity index (χ3v) is 2.78. The summed E-state index contributed by atoms with van der Waals surface area (Å²) in [5.74, 6) is -0.543. The molecule has 0 saturated carbocycles. The van der Waals surface area contributed by atoms with Crippen LogP contribution in [0.1, 0.15) is 11.1 Å². The van der Waals surface area contributed by atoms with Crippen molar-refractivity contribution in [1.82, 2.24) is 0 Å².